The second-order valence-corrected chi connectivity index (χ2v) is 21.1. The number of hydrogen-bond acceptors (Lipinski definition) is 0. The molecule has 332 valence electrons. The smallest absolute Gasteiger partial charge is 0.0702 e. The summed E-state index contributed by atoms with van der Waals surface area (Å²) in [6, 6.07) is 108. The van der Waals surface area contributed by atoms with E-state index in [-0.39, 0.29) is 0 Å². The fourth-order valence-corrected chi connectivity index (χ4v) is 15.4. The number of hydrogen-bond donors (Lipinski definition) is 0. The van der Waals surface area contributed by atoms with Crippen molar-refractivity contribution in [1.29, 1.82) is 0 Å². The monoisotopic (exact) mass is 912 g/mol. The summed E-state index contributed by atoms with van der Waals surface area (Å²) in [6.07, 6.45) is 0. The van der Waals surface area contributed by atoms with Crippen molar-refractivity contribution in [3.8, 4) is 11.4 Å². The highest BCUT2D eigenvalue weighted by atomic mass is 32.3. The maximum Gasteiger partial charge on any atom is 0.0702 e. The predicted octanol–water partition coefficient (Wildman–Crippen LogP) is 17.6. The zero-order valence-corrected chi connectivity index (χ0v) is 39.3. The van der Waals surface area contributed by atoms with E-state index >= 15 is 0 Å². The molecule has 13 aromatic rings. The highest BCUT2D eigenvalue weighted by Crippen LogP contribution is 2.74. The Bertz CT molecular complexity index is 3580. The van der Waals surface area contributed by atoms with Crippen LogP contribution in [-0.2, 0) is 5.41 Å². The normalized spacial score (nSPS) is 12.2. The molecule has 11 aromatic carbocycles. The average molecular weight is 913 g/mol. The number of rotatable bonds is 10. The Kier molecular flexibility index (Phi) is 10.2. The second kappa shape index (κ2) is 17.2. The van der Waals surface area contributed by atoms with E-state index in [1.807, 2.05) is 0 Å². The van der Waals surface area contributed by atoms with Crippen molar-refractivity contribution in [3.05, 3.63) is 313 Å². The van der Waals surface area contributed by atoms with Crippen molar-refractivity contribution in [3.63, 3.8) is 0 Å². The molecule has 3 heteroatoms. The van der Waals surface area contributed by atoms with Gasteiger partial charge in [0.25, 0.3) is 0 Å². The Balaban J connectivity index is 1.19. The van der Waals surface area contributed by atoms with Crippen molar-refractivity contribution < 1.29 is 0 Å². The molecule has 0 aliphatic rings. The van der Waals surface area contributed by atoms with Gasteiger partial charge in [-0.05, 0) is 113 Å². The first-order valence-electron chi connectivity index (χ1n) is 24.1. The molecule has 0 unspecified atom stereocenters. The van der Waals surface area contributed by atoms with Gasteiger partial charge in [0, 0.05) is 52.5 Å². The van der Waals surface area contributed by atoms with Crippen LogP contribution in [0.3, 0.4) is 0 Å². The summed E-state index contributed by atoms with van der Waals surface area (Å²) in [4.78, 5) is 5.08. The highest BCUT2D eigenvalue weighted by molar-refractivity contribution is 8.34. The summed E-state index contributed by atoms with van der Waals surface area (Å²) in [7, 11) is -2.16. The zero-order chi connectivity index (χ0) is 46.5. The average Bonchev–Trinajstić information content (AvgIpc) is 3.96. The molecular formula is C67H48N2S. The summed E-state index contributed by atoms with van der Waals surface area (Å²) >= 11 is 0. The first-order valence-corrected chi connectivity index (χ1v) is 25.7. The third-order valence-electron chi connectivity index (χ3n) is 14.3. The minimum Gasteiger partial charge on any atom is -0.309 e. The molecule has 2 aromatic heterocycles. The Hall–Kier alpha value is -8.63. The van der Waals surface area contributed by atoms with Gasteiger partial charge in [-0.25, -0.2) is 0 Å². The second-order valence-electron chi connectivity index (χ2n) is 18.0. The minimum absolute atomic E-state index is 0.716. The predicted molar refractivity (Wildman–Crippen MR) is 293 cm³/mol. The Labute approximate surface area is 410 Å². The molecule has 0 radical (unpaired) electrons. The van der Waals surface area contributed by atoms with Gasteiger partial charge in [-0.3, -0.25) is 0 Å². The molecule has 2 heterocycles. The van der Waals surface area contributed by atoms with Crippen LogP contribution in [0.4, 0.5) is 0 Å². The van der Waals surface area contributed by atoms with E-state index in [4.69, 9.17) is 0 Å². The van der Waals surface area contributed by atoms with Crippen LogP contribution in [0.5, 0.6) is 0 Å². The van der Waals surface area contributed by atoms with Gasteiger partial charge in [-0.2, -0.15) is 0 Å². The molecule has 0 N–H and O–H groups in total. The molecule has 0 amide bonds. The first kappa shape index (κ1) is 41.5. The van der Waals surface area contributed by atoms with E-state index in [2.05, 4.69) is 300 Å². The lowest BCUT2D eigenvalue weighted by Gasteiger charge is -2.44. The van der Waals surface area contributed by atoms with Crippen molar-refractivity contribution >= 4 is 53.6 Å². The molecule has 70 heavy (non-hydrogen) atoms. The molecule has 0 aliphatic heterocycles. The lowest BCUT2D eigenvalue weighted by Crippen LogP contribution is -2.31. The van der Waals surface area contributed by atoms with E-state index < -0.39 is 15.4 Å². The molecule has 0 saturated carbocycles. The zero-order valence-electron chi connectivity index (χ0n) is 38.5. The minimum atomic E-state index is -2.16. The van der Waals surface area contributed by atoms with Crippen LogP contribution in [0.15, 0.2) is 311 Å². The van der Waals surface area contributed by atoms with Crippen LogP contribution in [-0.4, -0.2) is 9.13 Å². The summed E-state index contributed by atoms with van der Waals surface area (Å²) < 4.78 is 4.96. The maximum atomic E-state index is 2.56. The summed E-state index contributed by atoms with van der Waals surface area (Å²) in [5.41, 5.74) is 11.0. The fourth-order valence-electron chi connectivity index (χ4n) is 11.4. The van der Waals surface area contributed by atoms with Crippen LogP contribution < -0.4 is 0 Å². The van der Waals surface area contributed by atoms with Gasteiger partial charge < -0.3 is 9.13 Å². The van der Waals surface area contributed by atoms with E-state index in [0.29, 0.717) is 0 Å². The van der Waals surface area contributed by atoms with Gasteiger partial charge in [0.15, 0.2) is 0 Å². The SMILES string of the molecule is c1ccc(C(c2ccccc2)(c2ccccc2)c2cc(-n3c4ccccc4c4cc(-n5c6ccccc6c6ccccc65)ccc43)cc(S(c3ccccc3)(c3ccccc3)c3ccccc3)c2)cc1. The molecule has 0 saturated heterocycles. The van der Waals surface area contributed by atoms with Crippen molar-refractivity contribution in [2.75, 3.05) is 0 Å². The van der Waals surface area contributed by atoms with Gasteiger partial charge in [-0.1, -0.05) is 200 Å². The van der Waals surface area contributed by atoms with Gasteiger partial charge in [0.2, 0.25) is 0 Å². The van der Waals surface area contributed by atoms with Gasteiger partial charge >= 0.3 is 0 Å². The Morgan fingerprint density at radius 1 is 0.229 bits per heavy atom. The first-order chi connectivity index (χ1) is 34.7. The number of benzene rings is 11. The largest absolute Gasteiger partial charge is 0.309 e. The van der Waals surface area contributed by atoms with E-state index in [1.165, 1.54) is 74.4 Å². The summed E-state index contributed by atoms with van der Waals surface area (Å²) in [5.74, 6) is 0. The van der Waals surface area contributed by atoms with Gasteiger partial charge in [-0.15, -0.1) is 10.0 Å². The van der Waals surface area contributed by atoms with Crippen molar-refractivity contribution in [1.82, 2.24) is 9.13 Å². The Morgan fingerprint density at radius 3 is 1.00 bits per heavy atom. The lowest BCUT2D eigenvalue weighted by molar-refractivity contribution is 0.741. The topological polar surface area (TPSA) is 9.86 Å². The molecule has 0 atom stereocenters. The number of nitrogens with zero attached hydrogens (tertiary/aromatic N) is 2. The Morgan fingerprint density at radius 2 is 0.571 bits per heavy atom. The van der Waals surface area contributed by atoms with Crippen LogP contribution in [0.25, 0.3) is 55.0 Å². The molecule has 2 nitrogen and oxygen atoms in total. The number of fused-ring (bicyclic) bond motifs is 6. The fraction of sp³-hybridized carbons (Fsp3) is 0.0149. The highest BCUT2D eigenvalue weighted by Gasteiger charge is 2.41. The third kappa shape index (κ3) is 6.43. The number of para-hydroxylation sites is 3. The molecule has 0 fully saturated rings. The van der Waals surface area contributed by atoms with Crippen LogP contribution in [0.1, 0.15) is 22.3 Å². The molecule has 13 rings (SSSR count). The molecule has 0 spiro atoms. The summed E-state index contributed by atoms with van der Waals surface area (Å²) in [6.45, 7) is 0. The molecular weight excluding hydrogens is 865 g/mol. The van der Waals surface area contributed by atoms with Crippen LogP contribution in [0.2, 0.25) is 0 Å². The standard InChI is InChI=1S/C67H48N2S/c1-7-25-49(26-8-1)67(50-27-9-2-10-28-50,51-29-11-3-12-30-51)52-45-54(47-58(46-52)70(55-31-13-4-14-32-55,56-33-15-5-16-34-56)57-35-17-6-18-36-57)69-65-42-24-21-39-61(65)62-48-53(43-44-66(62)69)68-63-40-22-19-37-59(63)60-38-20-23-41-64(60)68/h1-48H. The van der Waals surface area contributed by atoms with Crippen LogP contribution in [0, 0.1) is 0 Å². The van der Waals surface area contributed by atoms with Gasteiger partial charge in [0.05, 0.1) is 27.5 Å². The molecule has 0 bridgehead atoms. The molecule has 0 aliphatic carbocycles. The van der Waals surface area contributed by atoms with Crippen molar-refractivity contribution in [2.45, 2.75) is 25.0 Å². The van der Waals surface area contributed by atoms with Crippen molar-refractivity contribution in [2.24, 2.45) is 0 Å². The maximum absolute atomic E-state index is 2.56. The van der Waals surface area contributed by atoms with E-state index in [1.54, 1.807) is 0 Å². The van der Waals surface area contributed by atoms with E-state index in [0.717, 1.165) is 22.4 Å². The van der Waals surface area contributed by atoms with Gasteiger partial charge in [0.1, 0.15) is 0 Å². The quantitative estimate of drug-likeness (QED) is 0.121. The summed E-state index contributed by atoms with van der Waals surface area (Å²) in [5, 5.41) is 4.92. The van der Waals surface area contributed by atoms with Crippen LogP contribution >= 0.6 is 10.0 Å². The third-order valence-corrected chi connectivity index (χ3v) is 18.2. The van der Waals surface area contributed by atoms with E-state index in [9.17, 15) is 0 Å². The number of aromatic nitrogens is 2. The lowest BCUT2D eigenvalue weighted by atomic mass is 9.65.